The van der Waals surface area contributed by atoms with Gasteiger partial charge in [-0.3, -0.25) is 0 Å². The Bertz CT molecular complexity index is 426. The molecule has 0 aliphatic rings. The summed E-state index contributed by atoms with van der Waals surface area (Å²) in [5, 5.41) is 11.4. The highest BCUT2D eigenvalue weighted by molar-refractivity contribution is 5.79. The zero-order chi connectivity index (χ0) is 14.3. The lowest BCUT2D eigenvalue weighted by Crippen LogP contribution is -2.34. The number of esters is 1. The molecule has 0 saturated carbocycles. The van der Waals surface area contributed by atoms with Gasteiger partial charge < -0.3 is 14.7 Å². The minimum absolute atomic E-state index is 0.0118. The van der Waals surface area contributed by atoms with Crippen LogP contribution in [0.15, 0.2) is 29.4 Å². The quantitative estimate of drug-likeness (QED) is 0.371. The van der Waals surface area contributed by atoms with Crippen LogP contribution in [0.5, 0.6) is 5.75 Å². The van der Waals surface area contributed by atoms with E-state index in [1.807, 2.05) is 13.8 Å². The van der Waals surface area contributed by atoms with Crippen LogP contribution in [0.1, 0.15) is 26.3 Å². The van der Waals surface area contributed by atoms with Crippen molar-refractivity contribution in [3.8, 4) is 5.75 Å². The summed E-state index contributed by atoms with van der Waals surface area (Å²) < 4.78 is 10.6. The van der Waals surface area contributed by atoms with Crippen LogP contribution in [0.2, 0.25) is 0 Å². The Labute approximate surface area is 112 Å². The lowest BCUT2D eigenvalue weighted by atomic mass is 10.1. The average molecular weight is 265 g/mol. The molecule has 0 aromatic heterocycles. The number of ether oxygens (including phenoxy) is 2. The molecule has 1 atom stereocenters. The van der Waals surface area contributed by atoms with E-state index in [0.29, 0.717) is 12.4 Å². The van der Waals surface area contributed by atoms with Crippen LogP contribution in [-0.2, 0) is 9.53 Å². The summed E-state index contributed by atoms with van der Waals surface area (Å²) in [6.45, 7) is 5.89. The Morgan fingerprint density at radius 1 is 1.37 bits per heavy atom. The van der Waals surface area contributed by atoms with Gasteiger partial charge in [0.15, 0.2) is 6.10 Å². The van der Waals surface area contributed by atoms with Crippen LogP contribution in [0, 0.1) is 5.92 Å². The molecule has 104 valence electrons. The van der Waals surface area contributed by atoms with Gasteiger partial charge in [-0.15, -0.1) is 0 Å². The van der Waals surface area contributed by atoms with Crippen LogP contribution < -0.4 is 4.74 Å². The van der Waals surface area contributed by atoms with Crippen molar-refractivity contribution >= 4 is 12.2 Å². The molecule has 0 unspecified atom stereocenters. The van der Waals surface area contributed by atoms with E-state index in [0.717, 1.165) is 5.56 Å². The second-order valence-electron chi connectivity index (χ2n) is 4.35. The van der Waals surface area contributed by atoms with Crippen molar-refractivity contribution in [1.82, 2.24) is 0 Å². The minimum Gasteiger partial charge on any atom is -0.478 e. The van der Waals surface area contributed by atoms with Crippen molar-refractivity contribution in [2.45, 2.75) is 26.9 Å². The van der Waals surface area contributed by atoms with Crippen molar-refractivity contribution in [3.05, 3.63) is 29.8 Å². The van der Waals surface area contributed by atoms with Crippen LogP contribution >= 0.6 is 0 Å². The molecule has 0 aliphatic heterocycles. The highest BCUT2D eigenvalue weighted by Crippen LogP contribution is 2.17. The van der Waals surface area contributed by atoms with Crippen molar-refractivity contribution in [2.24, 2.45) is 11.1 Å². The van der Waals surface area contributed by atoms with E-state index >= 15 is 0 Å². The van der Waals surface area contributed by atoms with Gasteiger partial charge in [0.2, 0.25) is 0 Å². The lowest BCUT2D eigenvalue weighted by molar-refractivity contribution is -0.153. The first-order valence-electron chi connectivity index (χ1n) is 6.19. The molecule has 19 heavy (non-hydrogen) atoms. The number of hydrogen-bond acceptors (Lipinski definition) is 5. The van der Waals surface area contributed by atoms with Gasteiger partial charge in [-0.05, 0) is 36.8 Å². The monoisotopic (exact) mass is 265 g/mol. The SMILES string of the molecule is CCOC(=O)[C@@H](Oc1ccc(/C=N\O)cc1)C(C)C. The minimum atomic E-state index is -0.627. The molecule has 0 heterocycles. The Morgan fingerprint density at radius 3 is 2.47 bits per heavy atom. The average Bonchev–Trinajstić information content (AvgIpc) is 2.38. The predicted octanol–water partition coefficient (Wildman–Crippen LogP) is 2.46. The van der Waals surface area contributed by atoms with Gasteiger partial charge in [0.25, 0.3) is 0 Å². The number of oxime groups is 1. The normalized spacial score (nSPS) is 12.6. The number of nitrogens with zero attached hydrogens (tertiary/aromatic N) is 1. The van der Waals surface area contributed by atoms with Crippen molar-refractivity contribution in [2.75, 3.05) is 6.61 Å². The molecule has 0 aliphatic carbocycles. The largest absolute Gasteiger partial charge is 0.478 e. The first kappa shape index (κ1) is 15.0. The molecule has 1 aromatic carbocycles. The van der Waals surface area contributed by atoms with E-state index in [9.17, 15) is 4.79 Å². The van der Waals surface area contributed by atoms with Gasteiger partial charge in [0, 0.05) is 5.92 Å². The first-order chi connectivity index (χ1) is 9.08. The molecule has 0 saturated heterocycles. The molecule has 1 rings (SSSR count). The molecule has 0 spiro atoms. The van der Waals surface area contributed by atoms with E-state index in [4.69, 9.17) is 14.7 Å². The number of carbonyl (C=O) groups is 1. The number of carbonyl (C=O) groups excluding carboxylic acids is 1. The number of rotatable bonds is 6. The maximum Gasteiger partial charge on any atom is 0.347 e. The Hall–Kier alpha value is -2.04. The molecule has 0 fully saturated rings. The highest BCUT2D eigenvalue weighted by atomic mass is 16.6. The standard InChI is InChI=1S/C14H19NO4/c1-4-18-14(16)13(10(2)3)19-12-7-5-11(6-8-12)9-15-17/h5-10,13,17H,4H2,1-3H3/b15-9-/t13-/m0/s1. The van der Waals surface area contributed by atoms with Crippen LogP contribution in [0.4, 0.5) is 0 Å². The maximum absolute atomic E-state index is 11.8. The van der Waals surface area contributed by atoms with Gasteiger partial charge in [0.05, 0.1) is 12.8 Å². The summed E-state index contributed by atoms with van der Waals surface area (Å²) in [6.07, 6.45) is 0.687. The Morgan fingerprint density at radius 2 is 2.00 bits per heavy atom. The molecule has 1 aromatic rings. The van der Waals surface area contributed by atoms with Crippen molar-refractivity contribution < 1.29 is 19.5 Å². The Balaban J connectivity index is 2.76. The molecule has 5 nitrogen and oxygen atoms in total. The first-order valence-corrected chi connectivity index (χ1v) is 6.19. The van der Waals surface area contributed by atoms with E-state index in [1.54, 1.807) is 31.2 Å². The van der Waals surface area contributed by atoms with Gasteiger partial charge in [-0.1, -0.05) is 19.0 Å². The van der Waals surface area contributed by atoms with E-state index in [-0.39, 0.29) is 11.9 Å². The fourth-order valence-electron chi connectivity index (χ4n) is 1.53. The van der Waals surface area contributed by atoms with Crippen molar-refractivity contribution in [3.63, 3.8) is 0 Å². The summed E-state index contributed by atoms with van der Waals surface area (Å²) in [5.41, 5.74) is 0.743. The second-order valence-corrected chi connectivity index (χ2v) is 4.35. The van der Waals surface area contributed by atoms with Gasteiger partial charge in [0.1, 0.15) is 5.75 Å². The van der Waals surface area contributed by atoms with Crippen LogP contribution in [-0.4, -0.2) is 30.1 Å². The molecule has 5 heteroatoms. The predicted molar refractivity (Wildman–Crippen MR) is 71.7 cm³/mol. The Kier molecular flexibility index (Phi) is 5.85. The molecule has 0 bridgehead atoms. The van der Waals surface area contributed by atoms with E-state index < -0.39 is 6.10 Å². The fraction of sp³-hybridized carbons (Fsp3) is 0.429. The third-order valence-corrected chi connectivity index (χ3v) is 2.47. The van der Waals surface area contributed by atoms with Crippen LogP contribution in [0.25, 0.3) is 0 Å². The van der Waals surface area contributed by atoms with Gasteiger partial charge in [-0.2, -0.15) is 0 Å². The molecular weight excluding hydrogens is 246 g/mol. The van der Waals surface area contributed by atoms with E-state index in [2.05, 4.69) is 5.16 Å². The summed E-state index contributed by atoms with van der Waals surface area (Å²) in [7, 11) is 0. The lowest BCUT2D eigenvalue weighted by Gasteiger charge is -2.20. The van der Waals surface area contributed by atoms with Gasteiger partial charge >= 0.3 is 5.97 Å². The third-order valence-electron chi connectivity index (χ3n) is 2.47. The van der Waals surface area contributed by atoms with Gasteiger partial charge in [-0.25, -0.2) is 4.79 Å². The number of benzene rings is 1. The topological polar surface area (TPSA) is 68.1 Å². The smallest absolute Gasteiger partial charge is 0.347 e. The highest BCUT2D eigenvalue weighted by Gasteiger charge is 2.25. The second kappa shape index (κ2) is 7.41. The molecule has 1 N–H and O–H groups in total. The van der Waals surface area contributed by atoms with E-state index in [1.165, 1.54) is 6.21 Å². The van der Waals surface area contributed by atoms with Crippen molar-refractivity contribution in [1.29, 1.82) is 0 Å². The maximum atomic E-state index is 11.8. The number of hydrogen-bond donors (Lipinski definition) is 1. The molecule has 0 amide bonds. The summed E-state index contributed by atoms with van der Waals surface area (Å²) in [4.78, 5) is 11.8. The third kappa shape index (κ3) is 4.62. The molecule has 0 radical (unpaired) electrons. The zero-order valence-electron chi connectivity index (χ0n) is 11.4. The summed E-state index contributed by atoms with van der Waals surface area (Å²) >= 11 is 0. The summed E-state index contributed by atoms with van der Waals surface area (Å²) in [5.74, 6) is 0.220. The summed E-state index contributed by atoms with van der Waals surface area (Å²) in [6, 6.07) is 6.90. The van der Waals surface area contributed by atoms with Crippen LogP contribution in [0.3, 0.4) is 0 Å². The zero-order valence-corrected chi connectivity index (χ0v) is 11.4. The fourth-order valence-corrected chi connectivity index (χ4v) is 1.53. The molecular formula is C14H19NO4.